The number of anilines is 2. The van der Waals surface area contributed by atoms with Gasteiger partial charge in [0.05, 0.1) is 5.69 Å². The normalized spacial score (nSPS) is 15.3. The van der Waals surface area contributed by atoms with Crippen molar-refractivity contribution in [1.82, 2.24) is 4.98 Å². The standard InChI is InChI=1S/C19H21N3O3/c1-13-12-14(8-10-20-13)21-17(23)9-11-22-15-6-4-5-7-16(15)25-19(2,3)18(22)24/h4-8,10,12H,9,11H2,1-3H3,(H,20,21,23). The van der Waals surface area contributed by atoms with Gasteiger partial charge < -0.3 is 15.0 Å². The summed E-state index contributed by atoms with van der Waals surface area (Å²) in [6, 6.07) is 10.9. The van der Waals surface area contributed by atoms with Crippen LogP contribution >= 0.6 is 0 Å². The lowest BCUT2D eigenvalue weighted by molar-refractivity contribution is -0.132. The molecule has 1 aromatic heterocycles. The third-order valence-electron chi connectivity index (χ3n) is 4.02. The molecule has 2 aromatic rings. The number of carbonyl (C=O) groups is 2. The molecule has 6 nitrogen and oxygen atoms in total. The van der Waals surface area contributed by atoms with Crippen molar-refractivity contribution in [3.05, 3.63) is 48.3 Å². The quantitative estimate of drug-likeness (QED) is 0.930. The largest absolute Gasteiger partial charge is 0.476 e. The summed E-state index contributed by atoms with van der Waals surface area (Å²) >= 11 is 0. The van der Waals surface area contributed by atoms with Crippen LogP contribution in [0.15, 0.2) is 42.6 Å². The lowest BCUT2D eigenvalue weighted by atomic mass is 10.0. The number of aromatic nitrogens is 1. The van der Waals surface area contributed by atoms with Crippen molar-refractivity contribution >= 4 is 23.2 Å². The highest BCUT2D eigenvalue weighted by molar-refractivity contribution is 6.03. The number of nitrogens with one attached hydrogen (secondary N) is 1. The van der Waals surface area contributed by atoms with Crippen molar-refractivity contribution in [2.45, 2.75) is 32.8 Å². The number of benzene rings is 1. The fourth-order valence-electron chi connectivity index (χ4n) is 2.80. The Morgan fingerprint density at radius 3 is 2.80 bits per heavy atom. The molecule has 25 heavy (non-hydrogen) atoms. The number of aryl methyl sites for hydroxylation is 1. The van der Waals surface area contributed by atoms with Crippen molar-refractivity contribution in [3.63, 3.8) is 0 Å². The first-order valence-corrected chi connectivity index (χ1v) is 8.19. The van der Waals surface area contributed by atoms with Gasteiger partial charge in [0.1, 0.15) is 5.75 Å². The van der Waals surface area contributed by atoms with E-state index >= 15 is 0 Å². The van der Waals surface area contributed by atoms with Crippen molar-refractivity contribution in [2.24, 2.45) is 0 Å². The molecule has 1 N–H and O–H groups in total. The van der Waals surface area contributed by atoms with Crippen LogP contribution in [-0.2, 0) is 9.59 Å². The van der Waals surface area contributed by atoms with Gasteiger partial charge in [-0.15, -0.1) is 0 Å². The van der Waals surface area contributed by atoms with E-state index in [1.54, 1.807) is 37.1 Å². The van der Waals surface area contributed by atoms with Gasteiger partial charge in [-0.1, -0.05) is 12.1 Å². The second-order valence-electron chi connectivity index (χ2n) is 6.52. The van der Waals surface area contributed by atoms with Crippen LogP contribution in [0.5, 0.6) is 5.75 Å². The molecule has 3 rings (SSSR count). The number of para-hydroxylation sites is 2. The third kappa shape index (κ3) is 3.63. The van der Waals surface area contributed by atoms with Gasteiger partial charge in [-0.2, -0.15) is 0 Å². The summed E-state index contributed by atoms with van der Waals surface area (Å²) in [5.41, 5.74) is 1.27. The molecule has 1 aliphatic rings. The predicted octanol–water partition coefficient (Wildman–Crippen LogP) is 2.92. The van der Waals surface area contributed by atoms with E-state index in [0.717, 1.165) is 5.69 Å². The van der Waals surface area contributed by atoms with Crippen LogP contribution in [0.1, 0.15) is 26.0 Å². The summed E-state index contributed by atoms with van der Waals surface area (Å²) in [7, 11) is 0. The molecule has 0 spiro atoms. The molecule has 2 heterocycles. The molecule has 0 aliphatic carbocycles. The predicted molar refractivity (Wildman–Crippen MR) is 95.7 cm³/mol. The Morgan fingerprint density at radius 2 is 2.04 bits per heavy atom. The van der Waals surface area contributed by atoms with Crippen LogP contribution < -0.4 is 15.0 Å². The first kappa shape index (κ1) is 17.0. The maximum atomic E-state index is 12.7. The van der Waals surface area contributed by atoms with E-state index in [-0.39, 0.29) is 18.2 Å². The molecular weight excluding hydrogens is 318 g/mol. The summed E-state index contributed by atoms with van der Waals surface area (Å²) in [4.78, 5) is 30.7. The first-order chi connectivity index (χ1) is 11.9. The van der Waals surface area contributed by atoms with Gasteiger partial charge in [0.2, 0.25) is 5.91 Å². The topological polar surface area (TPSA) is 71.5 Å². The van der Waals surface area contributed by atoms with Gasteiger partial charge in [-0.25, -0.2) is 0 Å². The number of fused-ring (bicyclic) bond motifs is 1. The van der Waals surface area contributed by atoms with Crippen molar-refractivity contribution < 1.29 is 14.3 Å². The summed E-state index contributed by atoms with van der Waals surface area (Å²) in [6.45, 7) is 5.62. The minimum atomic E-state index is -0.951. The number of hydrogen-bond donors (Lipinski definition) is 1. The molecule has 0 unspecified atom stereocenters. The molecule has 2 amide bonds. The minimum Gasteiger partial charge on any atom is -0.476 e. The second-order valence-corrected chi connectivity index (χ2v) is 6.52. The SMILES string of the molecule is Cc1cc(NC(=O)CCN2C(=O)C(C)(C)Oc3ccccc32)ccn1. The summed E-state index contributed by atoms with van der Waals surface area (Å²) < 4.78 is 5.78. The molecule has 0 saturated carbocycles. The third-order valence-corrected chi connectivity index (χ3v) is 4.02. The Hall–Kier alpha value is -2.89. The zero-order valence-corrected chi connectivity index (χ0v) is 14.6. The first-order valence-electron chi connectivity index (χ1n) is 8.19. The Labute approximate surface area is 146 Å². The molecule has 1 aliphatic heterocycles. The molecule has 130 valence electrons. The van der Waals surface area contributed by atoms with Crippen molar-refractivity contribution in [2.75, 3.05) is 16.8 Å². The number of pyridine rings is 1. The highest BCUT2D eigenvalue weighted by atomic mass is 16.5. The highest BCUT2D eigenvalue weighted by Gasteiger charge is 2.40. The lowest BCUT2D eigenvalue weighted by Gasteiger charge is -2.38. The fourth-order valence-corrected chi connectivity index (χ4v) is 2.80. The molecule has 0 saturated heterocycles. The Kier molecular flexibility index (Phi) is 4.44. The Morgan fingerprint density at radius 1 is 1.28 bits per heavy atom. The van der Waals surface area contributed by atoms with Gasteiger partial charge >= 0.3 is 0 Å². The fraction of sp³-hybridized carbons (Fsp3) is 0.316. The van der Waals surface area contributed by atoms with E-state index in [0.29, 0.717) is 23.7 Å². The number of rotatable bonds is 4. The van der Waals surface area contributed by atoms with Gasteiger partial charge in [0.15, 0.2) is 5.60 Å². The van der Waals surface area contributed by atoms with E-state index in [4.69, 9.17) is 4.74 Å². The van der Waals surface area contributed by atoms with E-state index in [1.807, 2.05) is 31.2 Å². The van der Waals surface area contributed by atoms with E-state index in [1.165, 1.54) is 0 Å². The maximum absolute atomic E-state index is 12.7. The molecule has 6 heteroatoms. The van der Waals surface area contributed by atoms with Gasteiger partial charge in [0.25, 0.3) is 5.91 Å². The van der Waals surface area contributed by atoms with Crippen molar-refractivity contribution in [1.29, 1.82) is 0 Å². The number of nitrogens with zero attached hydrogens (tertiary/aromatic N) is 2. The maximum Gasteiger partial charge on any atom is 0.270 e. The average molecular weight is 339 g/mol. The van der Waals surface area contributed by atoms with Crippen LogP contribution in [0.4, 0.5) is 11.4 Å². The molecule has 0 radical (unpaired) electrons. The highest BCUT2D eigenvalue weighted by Crippen LogP contribution is 2.37. The van der Waals surface area contributed by atoms with Gasteiger partial charge in [0, 0.05) is 30.5 Å². The minimum absolute atomic E-state index is 0.153. The van der Waals surface area contributed by atoms with E-state index < -0.39 is 5.60 Å². The van der Waals surface area contributed by atoms with Crippen molar-refractivity contribution in [3.8, 4) is 5.75 Å². The average Bonchev–Trinajstić information content (AvgIpc) is 2.55. The molecule has 0 bridgehead atoms. The van der Waals surface area contributed by atoms with Crippen LogP contribution in [0.3, 0.4) is 0 Å². The number of carbonyl (C=O) groups excluding carboxylic acids is 2. The second kappa shape index (κ2) is 6.55. The molecule has 0 atom stereocenters. The zero-order valence-electron chi connectivity index (χ0n) is 14.6. The monoisotopic (exact) mass is 339 g/mol. The van der Waals surface area contributed by atoms with E-state index in [9.17, 15) is 9.59 Å². The lowest BCUT2D eigenvalue weighted by Crippen LogP contribution is -2.53. The number of amides is 2. The van der Waals surface area contributed by atoms with Gasteiger partial charge in [-0.3, -0.25) is 14.6 Å². The van der Waals surface area contributed by atoms with Crippen LogP contribution in [0, 0.1) is 6.92 Å². The molecule has 1 aromatic carbocycles. The van der Waals surface area contributed by atoms with Crippen LogP contribution in [-0.4, -0.2) is 28.9 Å². The summed E-state index contributed by atoms with van der Waals surface area (Å²) in [5, 5.41) is 2.83. The number of ether oxygens (including phenoxy) is 1. The Balaban J connectivity index is 1.71. The van der Waals surface area contributed by atoms with Crippen LogP contribution in [0.2, 0.25) is 0 Å². The van der Waals surface area contributed by atoms with Crippen LogP contribution in [0.25, 0.3) is 0 Å². The number of hydrogen-bond acceptors (Lipinski definition) is 4. The molecule has 0 fully saturated rings. The molecular formula is C19H21N3O3. The van der Waals surface area contributed by atoms with E-state index in [2.05, 4.69) is 10.3 Å². The van der Waals surface area contributed by atoms with Gasteiger partial charge in [-0.05, 0) is 45.0 Å². The summed E-state index contributed by atoms with van der Waals surface area (Å²) in [6.07, 6.45) is 1.84. The Bertz CT molecular complexity index is 817. The summed E-state index contributed by atoms with van der Waals surface area (Å²) in [5.74, 6) is 0.344. The smallest absolute Gasteiger partial charge is 0.270 e. The zero-order chi connectivity index (χ0) is 18.0.